The van der Waals surface area contributed by atoms with E-state index in [1.807, 2.05) is 32.0 Å². The van der Waals surface area contributed by atoms with Gasteiger partial charge in [0.2, 0.25) is 5.91 Å². The van der Waals surface area contributed by atoms with Crippen molar-refractivity contribution in [2.24, 2.45) is 0 Å². The molecule has 0 fully saturated rings. The Morgan fingerprint density at radius 3 is 2.00 bits per heavy atom. The first kappa shape index (κ1) is 19.6. The molecule has 30 heavy (non-hydrogen) atoms. The Kier molecular flexibility index (Phi) is 4.96. The van der Waals surface area contributed by atoms with Crippen LogP contribution >= 0.6 is 0 Å². The second-order valence-corrected chi connectivity index (χ2v) is 7.62. The average molecular weight is 398 g/mol. The lowest BCUT2D eigenvalue weighted by atomic mass is 9.84. The highest BCUT2D eigenvalue weighted by molar-refractivity contribution is 6.28. The van der Waals surface area contributed by atoms with Crippen LogP contribution in [0, 0.1) is 13.8 Å². The van der Waals surface area contributed by atoms with Crippen molar-refractivity contribution < 1.29 is 14.4 Å². The van der Waals surface area contributed by atoms with Gasteiger partial charge in [0.05, 0.1) is 0 Å². The highest BCUT2D eigenvalue weighted by Gasteiger charge is 2.29. The van der Waals surface area contributed by atoms with E-state index in [0.29, 0.717) is 27.9 Å². The summed E-state index contributed by atoms with van der Waals surface area (Å²) >= 11 is 0. The van der Waals surface area contributed by atoms with Crippen molar-refractivity contribution >= 4 is 28.8 Å². The number of amides is 1. The van der Waals surface area contributed by atoms with Crippen LogP contribution in [0.4, 0.5) is 11.4 Å². The van der Waals surface area contributed by atoms with Crippen molar-refractivity contribution in [2.45, 2.75) is 26.8 Å². The number of benzene rings is 3. The van der Waals surface area contributed by atoms with Crippen LogP contribution in [0.5, 0.6) is 0 Å². The van der Waals surface area contributed by atoms with Crippen LogP contribution in [-0.4, -0.2) is 23.5 Å². The molecule has 5 nitrogen and oxygen atoms in total. The Labute approximate surface area is 175 Å². The van der Waals surface area contributed by atoms with Crippen molar-refractivity contribution in [3.05, 3.63) is 94.0 Å². The number of anilines is 2. The first-order valence-electron chi connectivity index (χ1n) is 9.82. The number of carbonyl (C=O) groups is 3. The van der Waals surface area contributed by atoms with E-state index in [9.17, 15) is 14.4 Å². The standard InChI is InChI=1S/C25H22N2O3/c1-14-8-9-17(12-15(14)2)26-16(3)25(30)27-18-10-11-21-22(13-18)24(29)20-7-5-4-6-19(20)23(21)28/h4-13,16,26H,1-3H3,(H,27,30)/t16-/m1/s1. The number of carbonyl (C=O) groups excluding carboxylic acids is 3. The van der Waals surface area contributed by atoms with Gasteiger partial charge in [-0.1, -0.05) is 30.3 Å². The van der Waals surface area contributed by atoms with Crippen molar-refractivity contribution in [1.29, 1.82) is 0 Å². The molecule has 3 aromatic rings. The lowest BCUT2D eigenvalue weighted by Gasteiger charge is -2.19. The van der Waals surface area contributed by atoms with Crippen LogP contribution in [0.15, 0.2) is 60.7 Å². The highest BCUT2D eigenvalue weighted by atomic mass is 16.2. The lowest BCUT2D eigenvalue weighted by molar-refractivity contribution is -0.116. The van der Waals surface area contributed by atoms with E-state index >= 15 is 0 Å². The average Bonchev–Trinajstić information content (AvgIpc) is 2.74. The minimum absolute atomic E-state index is 0.178. The van der Waals surface area contributed by atoms with E-state index in [4.69, 9.17) is 0 Å². The number of fused-ring (bicyclic) bond motifs is 2. The van der Waals surface area contributed by atoms with Crippen LogP contribution in [0.1, 0.15) is 49.9 Å². The largest absolute Gasteiger partial charge is 0.374 e. The summed E-state index contributed by atoms with van der Waals surface area (Å²) in [4.78, 5) is 38.2. The molecule has 150 valence electrons. The van der Waals surface area contributed by atoms with Crippen LogP contribution in [0.3, 0.4) is 0 Å². The van der Waals surface area contributed by atoms with E-state index in [0.717, 1.165) is 11.3 Å². The first-order valence-corrected chi connectivity index (χ1v) is 9.82. The summed E-state index contributed by atoms with van der Waals surface area (Å²) in [6.07, 6.45) is 0. The molecule has 0 saturated heterocycles. The maximum atomic E-state index is 12.8. The van der Waals surface area contributed by atoms with Gasteiger partial charge in [-0.25, -0.2) is 0 Å². The van der Waals surface area contributed by atoms with Crippen LogP contribution in [0.2, 0.25) is 0 Å². The third-order valence-electron chi connectivity index (χ3n) is 5.48. The van der Waals surface area contributed by atoms with Gasteiger partial charge in [0, 0.05) is 33.6 Å². The molecule has 4 rings (SSSR count). The Balaban J connectivity index is 1.53. The molecule has 0 bridgehead atoms. The van der Waals surface area contributed by atoms with E-state index in [-0.39, 0.29) is 17.5 Å². The molecule has 0 saturated carbocycles. The van der Waals surface area contributed by atoms with E-state index in [2.05, 4.69) is 10.6 Å². The summed E-state index contributed by atoms with van der Waals surface area (Å²) in [5, 5.41) is 6.02. The first-order chi connectivity index (χ1) is 14.3. The quantitative estimate of drug-likeness (QED) is 0.530. The molecule has 5 heteroatoms. The number of ketones is 2. The van der Waals surface area contributed by atoms with Gasteiger partial charge in [-0.3, -0.25) is 14.4 Å². The van der Waals surface area contributed by atoms with Crippen molar-refractivity contribution in [3.63, 3.8) is 0 Å². The summed E-state index contributed by atoms with van der Waals surface area (Å²) in [7, 11) is 0. The Bertz CT molecular complexity index is 1200. The molecule has 1 aliphatic rings. The lowest BCUT2D eigenvalue weighted by Crippen LogP contribution is -2.32. The SMILES string of the molecule is Cc1ccc(N[C@H](C)C(=O)Nc2ccc3c(c2)C(=O)c2ccccc2C3=O)cc1C. The predicted octanol–water partition coefficient (Wildman–Crippen LogP) is 4.52. The minimum atomic E-state index is -0.485. The fraction of sp³-hybridized carbons (Fsp3) is 0.160. The summed E-state index contributed by atoms with van der Waals surface area (Å²) in [6, 6.07) is 17.1. The molecule has 1 amide bonds. The maximum Gasteiger partial charge on any atom is 0.246 e. The third-order valence-corrected chi connectivity index (χ3v) is 5.48. The van der Waals surface area contributed by atoms with Gasteiger partial charge in [0.1, 0.15) is 6.04 Å². The molecule has 1 aliphatic carbocycles. The highest BCUT2D eigenvalue weighted by Crippen LogP contribution is 2.29. The van der Waals surface area contributed by atoms with Crippen molar-refractivity contribution in [3.8, 4) is 0 Å². The molecule has 0 heterocycles. The molecule has 0 aliphatic heterocycles. The number of rotatable bonds is 4. The number of aryl methyl sites for hydroxylation is 2. The fourth-order valence-corrected chi connectivity index (χ4v) is 3.57. The number of hydrogen-bond donors (Lipinski definition) is 2. The van der Waals surface area contributed by atoms with Crippen molar-refractivity contribution in [1.82, 2.24) is 0 Å². The van der Waals surface area contributed by atoms with Crippen LogP contribution in [0.25, 0.3) is 0 Å². The molecule has 0 unspecified atom stereocenters. The van der Waals surface area contributed by atoms with E-state index in [1.165, 1.54) is 5.56 Å². The molecular formula is C25H22N2O3. The summed E-state index contributed by atoms with van der Waals surface area (Å²) in [5.41, 5.74) is 5.15. The normalized spacial score (nSPS) is 13.3. The monoisotopic (exact) mass is 398 g/mol. The topological polar surface area (TPSA) is 75.3 Å². The molecule has 2 N–H and O–H groups in total. The molecule has 0 radical (unpaired) electrons. The zero-order chi connectivity index (χ0) is 21.4. The molecule has 0 spiro atoms. The molecule has 3 aromatic carbocycles. The maximum absolute atomic E-state index is 12.8. The van der Waals surface area contributed by atoms with Gasteiger partial charge >= 0.3 is 0 Å². The second-order valence-electron chi connectivity index (χ2n) is 7.62. The van der Waals surface area contributed by atoms with Gasteiger partial charge in [-0.15, -0.1) is 0 Å². The van der Waals surface area contributed by atoms with Crippen LogP contribution in [-0.2, 0) is 4.79 Å². The number of hydrogen-bond acceptors (Lipinski definition) is 4. The van der Waals surface area contributed by atoms with E-state index in [1.54, 1.807) is 49.4 Å². The zero-order valence-corrected chi connectivity index (χ0v) is 17.1. The molecular weight excluding hydrogens is 376 g/mol. The van der Waals surface area contributed by atoms with E-state index < -0.39 is 6.04 Å². The fourth-order valence-electron chi connectivity index (χ4n) is 3.57. The third kappa shape index (κ3) is 3.50. The summed E-state index contributed by atoms with van der Waals surface area (Å²) in [5.74, 6) is -0.622. The molecule has 1 atom stereocenters. The van der Waals surface area contributed by atoms with Gasteiger partial charge < -0.3 is 10.6 Å². The van der Waals surface area contributed by atoms with Gasteiger partial charge in [0.15, 0.2) is 11.6 Å². The predicted molar refractivity (Wildman–Crippen MR) is 117 cm³/mol. The second kappa shape index (κ2) is 7.59. The van der Waals surface area contributed by atoms with Gasteiger partial charge in [-0.05, 0) is 62.2 Å². The smallest absolute Gasteiger partial charge is 0.246 e. The molecule has 0 aromatic heterocycles. The zero-order valence-electron chi connectivity index (χ0n) is 17.1. The van der Waals surface area contributed by atoms with Crippen molar-refractivity contribution in [2.75, 3.05) is 10.6 Å². The minimum Gasteiger partial charge on any atom is -0.374 e. The van der Waals surface area contributed by atoms with Gasteiger partial charge in [-0.2, -0.15) is 0 Å². The number of nitrogens with one attached hydrogen (secondary N) is 2. The Morgan fingerprint density at radius 2 is 1.33 bits per heavy atom. The summed E-state index contributed by atoms with van der Waals surface area (Å²) in [6.45, 7) is 5.83. The Morgan fingerprint density at radius 1 is 0.733 bits per heavy atom. The van der Waals surface area contributed by atoms with Crippen LogP contribution < -0.4 is 10.6 Å². The summed E-state index contributed by atoms with van der Waals surface area (Å²) < 4.78 is 0. The Hall–Kier alpha value is -3.73. The van der Waals surface area contributed by atoms with Gasteiger partial charge in [0.25, 0.3) is 0 Å².